The number of aromatic amines is 1. The van der Waals surface area contributed by atoms with Gasteiger partial charge in [-0.25, -0.2) is 0 Å². The zero-order valence-corrected chi connectivity index (χ0v) is 12.3. The zero-order valence-electron chi connectivity index (χ0n) is 12.3. The first kappa shape index (κ1) is 13.1. The number of rotatable bonds is 3. The molecule has 0 fully saturated rings. The number of benzene rings is 3. The van der Waals surface area contributed by atoms with Crippen LogP contribution < -0.4 is 5.73 Å². The van der Waals surface area contributed by atoms with Gasteiger partial charge in [-0.05, 0) is 35.7 Å². The summed E-state index contributed by atoms with van der Waals surface area (Å²) in [6, 6.07) is 25.3. The van der Waals surface area contributed by atoms with Crippen molar-refractivity contribution in [2.24, 2.45) is 5.73 Å². The van der Waals surface area contributed by atoms with Crippen molar-refractivity contribution >= 4 is 21.8 Å². The summed E-state index contributed by atoms with van der Waals surface area (Å²) in [5.41, 5.74) is 11.2. The number of para-hydroxylation sites is 1. The Morgan fingerprint density at radius 2 is 1.50 bits per heavy atom. The highest BCUT2D eigenvalue weighted by molar-refractivity contribution is 6.07. The van der Waals surface area contributed by atoms with E-state index in [1.807, 2.05) is 6.07 Å². The molecule has 0 amide bonds. The molecule has 0 bridgehead atoms. The van der Waals surface area contributed by atoms with Crippen LogP contribution in [0.15, 0.2) is 72.8 Å². The van der Waals surface area contributed by atoms with Crippen LogP contribution in [-0.4, -0.2) is 4.98 Å². The Balaban J connectivity index is 1.74. The summed E-state index contributed by atoms with van der Waals surface area (Å²) in [6.07, 6.45) is 0.856. The van der Waals surface area contributed by atoms with Gasteiger partial charge in [0.05, 0.1) is 0 Å². The first-order chi connectivity index (χ1) is 10.8. The van der Waals surface area contributed by atoms with E-state index in [0.717, 1.165) is 11.9 Å². The van der Waals surface area contributed by atoms with Crippen LogP contribution in [0.5, 0.6) is 0 Å². The molecule has 1 heterocycles. The number of H-pyrrole nitrogens is 1. The lowest BCUT2D eigenvalue weighted by Crippen LogP contribution is -2.13. The van der Waals surface area contributed by atoms with Gasteiger partial charge >= 0.3 is 0 Å². The predicted molar refractivity (Wildman–Crippen MR) is 92.9 cm³/mol. The largest absolute Gasteiger partial charge is 0.355 e. The van der Waals surface area contributed by atoms with E-state index in [4.69, 9.17) is 5.73 Å². The zero-order chi connectivity index (χ0) is 14.9. The van der Waals surface area contributed by atoms with Crippen LogP contribution in [0.3, 0.4) is 0 Å². The summed E-state index contributed by atoms with van der Waals surface area (Å²) in [5, 5.41) is 2.50. The SMILES string of the molecule is NC(Cc1ccccc1)c1ccc2[nH]c3ccccc3c2c1. The molecule has 1 aromatic heterocycles. The van der Waals surface area contributed by atoms with Crippen molar-refractivity contribution < 1.29 is 0 Å². The number of aromatic nitrogens is 1. The summed E-state index contributed by atoms with van der Waals surface area (Å²) in [6.45, 7) is 0. The van der Waals surface area contributed by atoms with E-state index in [1.165, 1.54) is 27.4 Å². The molecule has 1 unspecified atom stereocenters. The van der Waals surface area contributed by atoms with Gasteiger partial charge in [-0.15, -0.1) is 0 Å². The van der Waals surface area contributed by atoms with Gasteiger partial charge in [0.25, 0.3) is 0 Å². The fourth-order valence-electron chi connectivity index (χ4n) is 3.08. The summed E-state index contributed by atoms with van der Waals surface area (Å²) < 4.78 is 0. The van der Waals surface area contributed by atoms with Gasteiger partial charge in [0.15, 0.2) is 0 Å². The monoisotopic (exact) mass is 286 g/mol. The van der Waals surface area contributed by atoms with E-state index in [-0.39, 0.29) is 6.04 Å². The molecule has 22 heavy (non-hydrogen) atoms. The van der Waals surface area contributed by atoms with Crippen LogP contribution >= 0.6 is 0 Å². The second kappa shape index (κ2) is 5.32. The van der Waals surface area contributed by atoms with E-state index in [2.05, 4.69) is 71.7 Å². The molecule has 108 valence electrons. The van der Waals surface area contributed by atoms with Crippen molar-refractivity contribution in [2.75, 3.05) is 0 Å². The van der Waals surface area contributed by atoms with Crippen LogP contribution in [-0.2, 0) is 6.42 Å². The Morgan fingerprint density at radius 3 is 2.36 bits per heavy atom. The molecule has 1 atom stereocenters. The topological polar surface area (TPSA) is 41.8 Å². The van der Waals surface area contributed by atoms with Crippen LogP contribution in [0, 0.1) is 0 Å². The van der Waals surface area contributed by atoms with Crippen molar-refractivity contribution in [3.8, 4) is 0 Å². The summed E-state index contributed by atoms with van der Waals surface area (Å²) in [7, 11) is 0. The molecule has 3 N–H and O–H groups in total. The predicted octanol–water partition coefficient (Wildman–Crippen LogP) is 4.56. The lowest BCUT2D eigenvalue weighted by molar-refractivity contribution is 0.723. The minimum absolute atomic E-state index is 0.0143. The average molecular weight is 286 g/mol. The van der Waals surface area contributed by atoms with Crippen molar-refractivity contribution in [3.63, 3.8) is 0 Å². The minimum Gasteiger partial charge on any atom is -0.355 e. The minimum atomic E-state index is 0.0143. The van der Waals surface area contributed by atoms with E-state index < -0.39 is 0 Å². The van der Waals surface area contributed by atoms with Gasteiger partial charge in [0, 0.05) is 27.8 Å². The second-order valence-electron chi connectivity index (χ2n) is 5.77. The third-order valence-electron chi connectivity index (χ3n) is 4.26. The average Bonchev–Trinajstić information content (AvgIpc) is 2.93. The molecule has 2 nitrogen and oxygen atoms in total. The maximum atomic E-state index is 6.42. The van der Waals surface area contributed by atoms with Gasteiger partial charge in [-0.1, -0.05) is 54.6 Å². The standard InChI is InChI=1S/C20H18N2/c21-18(12-14-6-2-1-3-7-14)15-10-11-20-17(13-15)16-8-4-5-9-19(16)22-20/h1-11,13,18,22H,12,21H2. The Morgan fingerprint density at radius 1 is 0.773 bits per heavy atom. The Kier molecular flexibility index (Phi) is 3.17. The van der Waals surface area contributed by atoms with Crippen molar-refractivity contribution in [1.29, 1.82) is 0 Å². The fourth-order valence-corrected chi connectivity index (χ4v) is 3.08. The Hall–Kier alpha value is -2.58. The number of nitrogens with one attached hydrogen (secondary N) is 1. The third-order valence-corrected chi connectivity index (χ3v) is 4.26. The highest BCUT2D eigenvalue weighted by Crippen LogP contribution is 2.28. The highest BCUT2D eigenvalue weighted by atomic mass is 14.7. The molecule has 4 rings (SSSR count). The molecule has 0 saturated carbocycles. The van der Waals surface area contributed by atoms with Gasteiger partial charge in [0.2, 0.25) is 0 Å². The molecular formula is C20H18N2. The van der Waals surface area contributed by atoms with Gasteiger partial charge in [0.1, 0.15) is 0 Å². The molecule has 3 aromatic carbocycles. The molecular weight excluding hydrogens is 268 g/mol. The molecule has 0 radical (unpaired) electrons. The van der Waals surface area contributed by atoms with Gasteiger partial charge in [-0.2, -0.15) is 0 Å². The molecule has 0 aliphatic rings. The number of nitrogens with two attached hydrogens (primary N) is 1. The molecule has 0 saturated heterocycles. The molecule has 0 aliphatic carbocycles. The molecule has 4 aromatic rings. The normalized spacial score (nSPS) is 12.8. The maximum absolute atomic E-state index is 6.42. The quantitative estimate of drug-likeness (QED) is 0.569. The molecule has 2 heteroatoms. The van der Waals surface area contributed by atoms with Crippen molar-refractivity contribution in [2.45, 2.75) is 12.5 Å². The Labute approximate surface area is 129 Å². The summed E-state index contributed by atoms with van der Waals surface area (Å²) in [4.78, 5) is 3.45. The smallest absolute Gasteiger partial charge is 0.0465 e. The van der Waals surface area contributed by atoms with Crippen LogP contribution in [0.1, 0.15) is 17.2 Å². The number of hydrogen-bond acceptors (Lipinski definition) is 1. The van der Waals surface area contributed by atoms with E-state index in [9.17, 15) is 0 Å². The highest BCUT2D eigenvalue weighted by Gasteiger charge is 2.10. The van der Waals surface area contributed by atoms with Crippen LogP contribution in [0.25, 0.3) is 21.8 Å². The number of hydrogen-bond donors (Lipinski definition) is 2. The lowest BCUT2D eigenvalue weighted by atomic mass is 9.98. The third kappa shape index (κ3) is 2.28. The van der Waals surface area contributed by atoms with Crippen molar-refractivity contribution in [3.05, 3.63) is 83.9 Å². The van der Waals surface area contributed by atoms with Gasteiger partial charge < -0.3 is 10.7 Å². The first-order valence-electron chi connectivity index (χ1n) is 7.61. The number of fused-ring (bicyclic) bond motifs is 3. The van der Waals surface area contributed by atoms with E-state index >= 15 is 0 Å². The molecule has 0 spiro atoms. The van der Waals surface area contributed by atoms with Crippen LogP contribution in [0.4, 0.5) is 0 Å². The maximum Gasteiger partial charge on any atom is 0.0465 e. The van der Waals surface area contributed by atoms with Crippen LogP contribution in [0.2, 0.25) is 0 Å². The van der Waals surface area contributed by atoms with Crippen molar-refractivity contribution in [1.82, 2.24) is 4.98 Å². The fraction of sp³-hybridized carbons (Fsp3) is 0.100. The molecule has 0 aliphatic heterocycles. The van der Waals surface area contributed by atoms with E-state index in [0.29, 0.717) is 0 Å². The summed E-state index contributed by atoms with van der Waals surface area (Å²) >= 11 is 0. The lowest BCUT2D eigenvalue weighted by Gasteiger charge is -2.12. The van der Waals surface area contributed by atoms with Gasteiger partial charge in [-0.3, -0.25) is 0 Å². The Bertz CT molecular complexity index is 922. The summed E-state index contributed by atoms with van der Waals surface area (Å²) in [5.74, 6) is 0. The van der Waals surface area contributed by atoms with E-state index in [1.54, 1.807) is 0 Å². The first-order valence-corrected chi connectivity index (χ1v) is 7.61. The second-order valence-corrected chi connectivity index (χ2v) is 5.77.